The molecule has 1 atom stereocenters. The molecule has 1 aliphatic rings. The summed E-state index contributed by atoms with van der Waals surface area (Å²) >= 11 is 2.87. The molecule has 1 aromatic rings. The van der Waals surface area contributed by atoms with Gasteiger partial charge in [0.05, 0.1) is 10.2 Å². The zero-order valence-electron chi connectivity index (χ0n) is 8.21. The number of anilines is 1. The van der Waals surface area contributed by atoms with E-state index in [-0.39, 0.29) is 35.1 Å². The number of benzene rings is 1. The number of hydrogen-bond donors (Lipinski definition) is 1. The minimum Gasteiger partial charge on any atom is -0.326 e. The number of nitrogens with zero attached hydrogens (tertiary/aromatic N) is 1. The quantitative estimate of drug-likeness (QED) is 0.802. The van der Waals surface area contributed by atoms with E-state index in [4.69, 9.17) is 5.73 Å². The van der Waals surface area contributed by atoms with E-state index in [1.807, 2.05) is 0 Å². The van der Waals surface area contributed by atoms with Crippen molar-refractivity contribution < 1.29 is 13.6 Å². The fourth-order valence-corrected chi connectivity index (χ4v) is 2.00. The Hall–Kier alpha value is -1.01. The standard InChI is InChI=1S/C10H9BrF2N2O/c11-6-2-8(13)9(3-7(6)12)15-4-5(14)1-10(15)16/h2-3,5H,1,4,14H2. The minimum atomic E-state index is -0.643. The fraction of sp³-hybridized carbons (Fsp3) is 0.300. The largest absolute Gasteiger partial charge is 0.326 e. The van der Waals surface area contributed by atoms with Crippen molar-refractivity contribution in [3.05, 3.63) is 28.2 Å². The van der Waals surface area contributed by atoms with Crippen LogP contribution < -0.4 is 10.6 Å². The van der Waals surface area contributed by atoms with Gasteiger partial charge in [0.2, 0.25) is 5.91 Å². The molecule has 86 valence electrons. The van der Waals surface area contributed by atoms with Gasteiger partial charge in [-0.25, -0.2) is 8.78 Å². The molecule has 0 aliphatic carbocycles. The molecule has 0 aromatic heterocycles. The average molecular weight is 291 g/mol. The van der Waals surface area contributed by atoms with Gasteiger partial charge in [-0.05, 0) is 22.0 Å². The van der Waals surface area contributed by atoms with Crippen LogP contribution in [0.25, 0.3) is 0 Å². The Bertz CT molecular complexity index is 453. The Morgan fingerprint density at radius 2 is 2.06 bits per heavy atom. The van der Waals surface area contributed by atoms with Gasteiger partial charge in [-0.1, -0.05) is 0 Å². The summed E-state index contributed by atoms with van der Waals surface area (Å²) in [6.07, 6.45) is 0.164. The predicted octanol–water partition coefficient (Wildman–Crippen LogP) is 1.79. The number of carbonyl (C=O) groups is 1. The van der Waals surface area contributed by atoms with Gasteiger partial charge < -0.3 is 10.6 Å². The first-order chi connectivity index (χ1) is 7.49. The molecule has 0 bridgehead atoms. The maximum absolute atomic E-state index is 13.6. The highest BCUT2D eigenvalue weighted by Gasteiger charge is 2.30. The first-order valence-corrected chi connectivity index (χ1v) is 5.49. The van der Waals surface area contributed by atoms with E-state index >= 15 is 0 Å². The summed E-state index contributed by atoms with van der Waals surface area (Å²) in [5.74, 6) is -1.53. The van der Waals surface area contributed by atoms with Gasteiger partial charge in [0, 0.05) is 25.1 Å². The Morgan fingerprint density at radius 3 is 2.62 bits per heavy atom. The Labute approximate surface area is 99.3 Å². The predicted molar refractivity (Wildman–Crippen MR) is 59.0 cm³/mol. The van der Waals surface area contributed by atoms with Crippen molar-refractivity contribution in [2.24, 2.45) is 5.73 Å². The molecule has 0 spiro atoms. The van der Waals surface area contributed by atoms with Crippen LogP contribution in [0.1, 0.15) is 6.42 Å². The molecule has 1 aromatic carbocycles. The highest BCUT2D eigenvalue weighted by atomic mass is 79.9. The van der Waals surface area contributed by atoms with Gasteiger partial charge in [0.25, 0.3) is 0 Å². The lowest BCUT2D eigenvalue weighted by Crippen LogP contribution is -2.28. The Kier molecular flexibility index (Phi) is 2.94. The second-order valence-corrected chi connectivity index (χ2v) is 4.54. The van der Waals surface area contributed by atoms with Gasteiger partial charge in [-0.2, -0.15) is 0 Å². The second kappa shape index (κ2) is 4.10. The molecular weight excluding hydrogens is 282 g/mol. The molecule has 1 unspecified atom stereocenters. The van der Waals surface area contributed by atoms with Crippen molar-refractivity contribution in [2.75, 3.05) is 11.4 Å². The first kappa shape index (κ1) is 11.5. The topological polar surface area (TPSA) is 46.3 Å². The van der Waals surface area contributed by atoms with Crippen molar-refractivity contribution in [3.63, 3.8) is 0 Å². The lowest BCUT2D eigenvalue weighted by molar-refractivity contribution is -0.117. The lowest BCUT2D eigenvalue weighted by Gasteiger charge is -2.17. The summed E-state index contributed by atoms with van der Waals surface area (Å²) in [7, 11) is 0. The van der Waals surface area contributed by atoms with Crippen molar-refractivity contribution in [1.82, 2.24) is 0 Å². The first-order valence-electron chi connectivity index (χ1n) is 4.69. The smallest absolute Gasteiger partial charge is 0.228 e. The number of hydrogen-bond acceptors (Lipinski definition) is 2. The Balaban J connectivity index is 2.41. The number of amides is 1. The molecule has 1 amide bonds. The van der Waals surface area contributed by atoms with E-state index in [2.05, 4.69) is 15.9 Å². The third-order valence-corrected chi connectivity index (χ3v) is 3.04. The molecule has 1 heterocycles. The maximum Gasteiger partial charge on any atom is 0.228 e. The van der Waals surface area contributed by atoms with Gasteiger partial charge in [0.15, 0.2) is 0 Å². The van der Waals surface area contributed by atoms with Crippen LogP contribution in [-0.2, 0) is 4.79 Å². The molecule has 1 saturated heterocycles. The Morgan fingerprint density at radius 1 is 1.38 bits per heavy atom. The van der Waals surface area contributed by atoms with Gasteiger partial charge >= 0.3 is 0 Å². The number of nitrogens with two attached hydrogens (primary N) is 1. The minimum absolute atomic E-state index is 0.0321. The van der Waals surface area contributed by atoms with Crippen molar-refractivity contribution in [1.29, 1.82) is 0 Å². The van der Waals surface area contributed by atoms with E-state index < -0.39 is 11.6 Å². The average Bonchev–Trinajstić information content (AvgIpc) is 2.51. The molecule has 1 fully saturated rings. The third-order valence-electron chi connectivity index (χ3n) is 2.44. The molecule has 0 radical (unpaired) electrons. The van der Waals surface area contributed by atoms with Crippen LogP contribution in [0.15, 0.2) is 16.6 Å². The highest BCUT2D eigenvalue weighted by molar-refractivity contribution is 9.10. The van der Waals surface area contributed by atoms with Crippen LogP contribution in [0.5, 0.6) is 0 Å². The molecule has 6 heteroatoms. The summed E-state index contributed by atoms with van der Waals surface area (Å²) in [5.41, 5.74) is 5.53. The molecule has 0 saturated carbocycles. The zero-order valence-corrected chi connectivity index (χ0v) is 9.80. The van der Waals surface area contributed by atoms with E-state index in [0.29, 0.717) is 0 Å². The van der Waals surface area contributed by atoms with E-state index in [0.717, 1.165) is 12.1 Å². The zero-order chi connectivity index (χ0) is 11.9. The summed E-state index contributed by atoms with van der Waals surface area (Å²) < 4.78 is 26.8. The van der Waals surface area contributed by atoms with E-state index in [9.17, 15) is 13.6 Å². The monoisotopic (exact) mass is 290 g/mol. The lowest BCUT2D eigenvalue weighted by atomic mass is 10.2. The number of halogens is 3. The van der Waals surface area contributed by atoms with Crippen LogP contribution in [0.2, 0.25) is 0 Å². The van der Waals surface area contributed by atoms with Crippen LogP contribution in [-0.4, -0.2) is 18.5 Å². The molecule has 2 N–H and O–H groups in total. The normalized spacial score (nSPS) is 20.6. The van der Waals surface area contributed by atoms with Crippen LogP contribution in [0, 0.1) is 11.6 Å². The molecule has 3 nitrogen and oxygen atoms in total. The van der Waals surface area contributed by atoms with Crippen molar-refractivity contribution in [3.8, 4) is 0 Å². The van der Waals surface area contributed by atoms with Crippen LogP contribution >= 0.6 is 15.9 Å². The third kappa shape index (κ3) is 1.94. The van der Waals surface area contributed by atoms with Crippen molar-refractivity contribution in [2.45, 2.75) is 12.5 Å². The molecular formula is C10H9BrF2N2O. The summed E-state index contributed by atoms with van der Waals surface area (Å²) in [6, 6.07) is 1.68. The van der Waals surface area contributed by atoms with Gasteiger partial charge in [-0.3, -0.25) is 4.79 Å². The SMILES string of the molecule is NC1CC(=O)N(c2cc(F)c(Br)cc2F)C1. The van der Waals surface area contributed by atoms with E-state index in [1.165, 1.54) is 4.90 Å². The fourth-order valence-electron chi connectivity index (χ4n) is 1.69. The van der Waals surface area contributed by atoms with Crippen molar-refractivity contribution >= 4 is 27.5 Å². The van der Waals surface area contributed by atoms with Gasteiger partial charge in [-0.15, -0.1) is 0 Å². The highest BCUT2D eigenvalue weighted by Crippen LogP contribution is 2.28. The number of rotatable bonds is 1. The van der Waals surface area contributed by atoms with E-state index in [1.54, 1.807) is 0 Å². The molecule has 16 heavy (non-hydrogen) atoms. The maximum atomic E-state index is 13.6. The van der Waals surface area contributed by atoms with Crippen LogP contribution in [0.4, 0.5) is 14.5 Å². The molecule has 1 aliphatic heterocycles. The summed E-state index contributed by atoms with van der Waals surface area (Å²) in [5, 5.41) is 0. The number of carbonyl (C=O) groups excluding carboxylic acids is 1. The summed E-state index contributed by atoms with van der Waals surface area (Å²) in [6.45, 7) is 0.219. The van der Waals surface area contributed by atoms with Gasteiger partial charge in [0.1, 0.15) is 11.6 Å². The molecule has 2 rings (SSSR count). The summed E-state index contributed by atoms with van der Waals surface area (Å²) in [4.78, 5) is 12.7. The van der Waals surface area contributed by atoms with Crippen LogP contribution in [0.3, 0.4) is 0 Å². The second-order valence-electron chi connectivity index (χ2n) is 3.69.